The molecule has 0 aliphatic heterocycles. The third-order valence-electron chi connectivity index (χ3n) is 5.95. The molecule has 8 nitrogen and oxygen atoms in total. The van der Waals surface area contributed by atoms with E-state index in [1.807, 2.05) is 37.3 Å². The maximum absolute atomic E-state index is 13.4. The fraction of sp³-hybridized carbons (Fsp3) is 0.276. The van der Waals surface area contributed by atoms with Crippen molar-refractivity contribution < 1.29 is 18.7 Å². The lowest BCUT2D eigenvalue weighted by Gasteiger charge is -2.22. The number of amides is 2. The topological polar surface area (TPSA) is 89.6 Å². The Hall–Kier alpha value is -4.33. The van der Waals surface area contributed by atoms with Gasteiger partial charge in [-0.05, 0) is 48.9 Å². The smallest absolute Gasteiger partial charge is 0.254 e. The van der Waals surface area contributed by atoms with Crippen LogP contribution < -0.4 is 10.1 Å². The van der Waals surface area contributed by atoms with Crippen LogP contribution in [0, 0.1) is 6.92 Å². The Labute approximate surface area is 216 Å². The average molecular weight is 501 g/mol. The first-order valence-electron chi connectivity index (χ1n) is 12.1. The number of ether oxygens (including phenoxy) is 1. The minimum Gasteiger partial charge on any atom is -0.497 e. The molecule has 192 valence electrons. The zero-order valence-electron chi connectivity index (χ0n) is 21.8. The summed E-state index contributed by atoms with van der Waals surface area (Å²) in [5, 5.41) is 7.78. The molecule has 0 spiro atoms. The predicted octanol–water partition coefficient (Wildman–Crippen LogP) is 5.36. The van der Waals surface area contributed by atoms with Gasteiger partial charge in [-0.15, -0.1) is 0 Å². The number of hydrogen-bond donors (Lipinski definition) is 1. The molecule has 0 bridgehead atoms. The van der Waals surface area contributed by atoms with Crippen molar-refractivity contribution in [3.8, 4) is 11.4 Å². The monoisotopic (exact) mass is 500 g/mol. The van der Waals surface area contributed by atoms with E-state index in [0.29, 0.717) is 22.9 Å². The second-order valence-corrected chi connectivity index (χ2v) is 9.88. The van der Waals surface area contributed by atoms with Crippen LogP contribution in [0.25, 0.3) is 5.69 Å². The van der Waals surface area contributed by atoms with Crippen LogP contribution in [-0.4, -0.2) is 40.1 Å². The third kappa shape index (κ3) is 6.09. The highest BCUT2D eigenvalue weighted by Crippen LogP contribution is 2.27. The minimum atomic E-state index is -0.349. The summed E-state index contributed by atoms with van der Waals surface area (Å²) in [6.45, 7) is 8.17. The van der Waals surface area contributed by atoms with E-state index >= 15 is 0 Å². The Kier molecular flexibility index (Phi) is 7.47. The molecule has 1 N–H and O–H groups in total. The molecule has 2 aromatic carbocycles. The van der Waals surface area contributed by atoms with Gasteiger partial charge in [-0.1, -0.05) is 45.0 Å². The molecule has 0 saturated carbocycles. The van der Waals surface area contributed by atoms with Crippen LogP contribution >= 0.6 is 0 Å². The van der Waals surface area contributed by atoms with Gasteiger partial charge in [-0.25, -0.2) is 4.68 Å². The summed E-state index contributed by atoms with van der Waals surface area (Å²) < 4.78 is 12.5. The van der Waals surface area contributed by atoms with E-state index in [2.05, 4.69) is 26.1 Å². The van der Waals surface area contributed by atoms with Crippen molar-refractivity contribution in [1.29, 1.82) is 0 Å². The van der Waals surface area contributed by atoms with E-state index in [1.165, 1.54) is 4.90 Å². The summed E-state index contributed by atoms with van der Waals surface area (Å²) in [6, 6.07) is 20.1. The van der Waals surface area contributed by atoms with Crippen molar-refractivity contribution >= 4 is 17.6 Å². The van der Waals surface area contributed by atoms with Gasteiger partial charge in [0.2, 0.25) is 5.91 Å². The summed E-state index contributed by atoms with van der Waals surface area (Å²) in [4.78, 5) is 28.2. The van der Waals surface area contributed by atoms with Crippen molar-refractivity contribution in [2.24, 2.45) is 0 Å². The molecule has 0 aliphatic rings. The first-order valence-corrected chi connectivity index (χ1v) is 12.1. The van der Waals surface area contributed by atoms with Crippen molar-refractivity contribution in [2.75, 3.05) is 19.0 Å². The first kappa shape index (κ1) is 25.8. The van der Waals surface area contributed by atoms with E-state index in [1.54, 1.807) is 54.5 Å². The van der Waals surface area contributed by atoms with Crippen LogP contribution in [0.5, 0.6) is 5.75 Å². The number of carbonyl (C=O) groups is 2. The number of anilines is 1. The van der Waals surface area contributed by atoms with Crippen LogP contribution in [0.3, 0.4) is 0 Å². The number of benzene rings is 2. The summed E-state index contributed by atoms with van der Waals surface area (Å²) in [5.41, 5.74) is 2.92. The Morgan fingerprint density at radius 3 is 2.51 bits per heavy atom. The zero-order chi connectivity index (χ0) is 26.6. The maximum atomic E-state index is 13.4. The van der Waals surface area contributed by atoms with Crippen molar-refractivity contribution in [2.45, 2.75) is 39.7 Å². The number of nitrogens with zero attached hydrogens (tertiary/aromatic N) is 3. The highest BCUT2D eigenvalue weighted by atomic mass is 16.5. The van der Waals surface area contributed by atoms with Gasteiger partial charge in [0.1, 0.15) is 23.9 Å². The normalized spacial score (nSPS) is 11.3. The molecule has 2 aromatic heterocycles. The molecule has 0 saturated heterocycles. The first-order chi connectivity index (χ1) is 17.7. The highest BCUT2D eigenvalue weighted by molar-refractivity contribution is 5.99. The number of aromatic nitrogens is 2. The van der Waals surface area contributed by atoms with Gasteiger partial charge in [0.25, 0.3) is 5.91 Å². The summed E-state index contributed by atoms with van der Waals surface area (Å²) >= 11 is 0. The summed E-state index contributed by atoms with van der Waals surface area (Å²) in [5.74, 6) is 1.01. The van der Waals surface area contributed by atoms with Crippen molar-refractivity contribution in [3.05, 3.63) is 95.6 Å². The fourth-order valence-corrected chi connectivity index (χ4v) is 3.91. The Bertz CT molecular complexity index is 1380. The van der Waals surface area contributed by atoms with Crippen LogP contribution in [0.1, 0.15) is 48.1 Å². The Morgan fingerprint density at radius 2 is 1.84 bits per heavy atom. The average Bonchev–Trinajstić information content (AvgIpc) is 3.53. The minimum absolute atomic E-state index is 0.140. The Morgan fingerprint density at radius 1 is 1.05 bits per heavy atom. The predicted molar refractivity (Wildman–Crippen MR) is 142 cm³/mol. The molecule has 0 atom stereocenters. The van der Waals surface area contributed by atoms with Gasteiger partial charge in [0.15, 0.2) is 0 Å². The molecular formula is C29H32N4O4. The van der Waals surface area contributed by atoms with Crippen LogP contribution in [0.4, 0.5) is 5.82 Å². The van der Waals surface area contributed by atoms with E-state index in [9.17, 15) is 9.59 Å². The molecular weight excluding hydrogens is 468 g/mol. The third-order valence-corrected chi connectivity index (χ3v) is 5.95. The van der Waals surface area contributed by atoms with Gasteiger partial charge >= 0.3 is 0 Å². The Balaban J connectivity index is 1.62. The SMILES string of the molecule is COc1cccc(C(=O)N(CC(=O)Nc2cc(C(C)(C)C)nn2-c2ccccc2C)Cc2ccco2)c1. The van der Waals surface area contributed by atoms with E-state index in [0.717, 1.165) is 16.9 Å². The number of methoxy groups -OCH3 is 1. The number of aryl methyl sites for hydroxylation is 1. The molecule has 0 radical (unpaired) electrons. The van der Waals surface area contributed by atoms with Gasteiger partial charge < -0.3 is 19.4 Å². The molecule has 0 aliphatic carbocycles. The maximum Gasteiger partial charge on any atom is 0.254 e. The van der Waals surface area contributed by atoms with Crippen LogP contribution in [0.2, 0.25) is 0 Å². The molecule has 0 unspecified atom stereocenters. The number of para-hydroxylation sites is 1. The fourth-order valence-electron chi connectivity index (χ4n) is 3.91. The van der Waals surface area contributed by atoms with Gasteiger partial charge in [-0.2, -0.15) is 5.10 Å². The van der Waals surface area contributed by atoms with Gasteiger partial charge in [0, 0.05) is 17.0 Å². The molecule has 0 fully saturated rings. The number of rotatable bonds is 8. The molecule has 37 heavy (non-hydrogen) atoms. The van der Waals surface area contributed by atoms with Crippen LogP contribution in [0.15, 0.2) is 77.4 Å². The number of nitrogens with one attached hydrogen (secondary N) is 1. The van der Waals surface area contributed by atoms with Crippen LogP contribution in [-0.2, 0) is 16.8 Å². The van der Waals surface area contributed by atoms with Crippen molar-refractivity contribution in [3.63, 3.8) is 0 Å². The lowest BCUT2D eigenvalue weighted by molar-refractivity contribution is -0.117. The second kappa shape index (κ2) is 10.7. The molecule has 8 heteroatoms. The van der Waals surface area contributed by atoms with Gasteiger partial charge in [-0.3, -0.25) is 9.59 Å². The largest absolute Gasteiger partial charge is 0.497 e. The van der Waals surface area contributed by atoms with Crippen molar-refractivity contribution in [1.82, 2.24) is 14.7 Å². The molecule has 4 rings (SSSR count). The summed E-state index contributed by atoms with van der Waals surface area (Å²) in [7, 11) is 1.54. The summed E-state index contributed by atoms with van der Waals surface area (Å²) in [6.07, 6.45) is 1.54. The zero-order valence-corrected chi connectivity index (χ0v) is 21.8. The molecule has 2 heterocycles. The van der Waals surface area contributed by atoms with E-state index in [-0.39, 0.29) is 30.3 Å². The lowest BCUT2D eigenvalue weighted by Crippen LogP contribution is -2.37. The van der Waals surface area contributed by atoms with E-state index in [4.69, 9.17) is 14.3 Å². The highest BCUT2D eigenvalue weighted by Gasteiger charge is 2.24. The number of hydrogen-bond acceptors (Lipinski definition) is 5. The quantitative estimate of drug-likeness (QED) is 0.352. The molecule has 4 aromatic rings. The lowest BCUT2D eigenvalue weighted by atomic mass is 9.92. The molecule has 2 amide bonds. The standard InChI is InChI=1S/C29H32N4O4/c1-20-10-6-7-14-24(20)33-26(17-25(31-33)29(2,3)4)30-27(34)19-32(18-23-13-9-15-37-23)28(35)21-11-8-12-22(16-21)36-5/h6-17H,18-19H2,1-5H3,(H,30,34). The van der Waals surface area contributed by atoms with E-state index < -0.39 is 0 Å². The number of furan rings is 1. The second-order valence-electron chi connectivity index (χ2n) is 9.88. The number of carbonyl (C=O) groups excluding carboxylic acids is 2. The van der Waals surface area contributed by atoms with Gasteiger partial charge in [0.05, 0.1) is 31.3 Å².